The van der Waals surface area contributed by atoms with Crippen LogP contribution in [0.1, 0.15) is 18.2 Å². The molecule has 60 valence electrons. The minimum absolute atomic E-state index is 0.554. The number of nitrogens with two attached hydrogens (primary N) is 1. The van der Waals surface area contributed by atoms with E-state index in [1.807, 2.05) is 19.9 Å². The highest BCUT2D eigenvalue weighted by atomic mass is 16.3. The lowest BCUT2D eigenvalue weighted by molar-refractivity contribution is 0.533. The van der Waals surface area contributed by atoms with Crippen molar-refractivity contribution in [2.24, 2.45) is 10.7 Å². The molecule has 2 N–H and O–H groups in total. The first-order chi connectivity index (χ1) is 5.25. The van der Waals surface area contributed by atoms with Crippen LogP contribution < -0.4 is 5.73 Å². The van der Waals surface area contributed by atoms with Crippen LogP contribution in [0.25, 0.3) is 0 Å². The lowest BCUT2D eigenvalue weighted by atomic mass is 10.2. The summed E-state index contributed by atoms with van der Waals surface area (Å²) in [6.45, 7) is 4.52. The molecule has 3 nitrogen and oxygen atoms in total. The van der Waals surface area contributed by atoms with Crippen LogP contribution in [-0.4, -0.2) is 12.4 Å². The molecule has 1 rings (SSSR count). The third kappa shape index (κ3) is 1.61. The number of aryl methyl sites for hydroxylation is 1. The van der Waals surface area contributed by atoms with E-state index < -0.39 is 0 Å². The fraction of sp³-hybridized carbons (Fsp3) is 0.375. The van der Waals surface area contributed by atoms with Crippen LogP contribution in [0.4, 0.5) is 0 Å². The Hall–Kier alpha value is -1.25. The zero-order chi connectivity index (χ0) is 8.27. The summed E-state index contributed by atoms with van der Waals surface area (Å²) in [5, 5.41) is 0. The van der Waals surface area contributed by atoms with Crippen LogP contribution >= 0.6 is 0 Å². The second-order valence-corrected chi connectivity index (χ2v) is 2.25. The zero-order valence-electron chi connectivity index (χ0n) is 6.79. The smallest absolute Gasteiger partial charge is 0.129 e. The molecule has 1 aromatic heterocycles. The van der Waals surface area contributed by atoms with E-state index in [9.17, 15) is 0 Å². The number of furan rings is 1. The monoisotopic (exact) mass is 152 g/mol. The van der Waals surface area contributed by atoms with E-state index >= 15 is 0 Å². The molecule has 0 radical (unpaired) electrons. The molecule has 0 unspecified atom stereocenters. The SMILES string of the molecule is CCN=C(N)c1ccoc1C. The predicted octanol–water partition coefficient (Wildman–Crippen LogP) is 1.31. The van der Waals surface area contributed by atoms with Crippen molar-refractivity contribution < 1.29 is 4.42 Å². The van der Waals surface area contributed by atoms with Gasteiger partial charge in [0.2, 0.25) is 0 Å². The van der Waals surface area contributed by atoms with Crippen LogP contribution in [0.5, 0.6) is 0 Å². The van der Waals surface area contributed by atoms with Crippen LogP contribution in [0.15, 0.2) is 21.7 Å². The lowest BCUT2D eigenvalue weighted by Crippen LogP contribution is -2.13. The van der Waals surface area contributed by atoms with E-state index in [-0.39, 0.29) is 0 Å². The average molecular weight is 152 g/mol. The molecule has 0 saturated carbocycles. The Kier molecular flexibility index (Phi) is 2.31. The minimum atomic E-state index is 0.554. The molecule has 1 aromatic rings. The first kappa shape index (κ1) is 7.85. The molecule has 1 heterocycles. The van der Waals surface area contributed by atoms with Crippen LogP contribution in [0, 0.1) is 6.92 Å². The molecule has 0 fully saturated rings. The lowest BCUT2D eigenvalue weighted by Gasteiger charge is -1.95. The van der Waals surface area contributed by atoms with Gasteiger partial charge in [-0.15, -0.1) is 0 Å². The maximum atomic E-state index is 5.64. The van der Waals surface area contributed by atoms with E-state index in [0.29, 0.717) is 12.4 Å². The van der Waals surface area contributed by atoms with Gasteiger partial charge >= 0.3 is 0 Å². The van der Waals surface area contributed by atoms with Gasteiger partial charge in [0.15, 0.2) is 0 Å². The molecule has 0 spiro atoms. The van der Waals surface area contributed by atoms with Gasteiger partial charge in [0.25, 0.3) is 0 Å². The third-order valence-electron chi connectivity index (χ3n) is 1.46. The summed E-state index contributed by atoms with van der Waals surface area (Å²) in [5.74, 6) is 1.37. The second kappa shape index (κ2) is 3.23. The summed E-state index contributed by atoms with van der Waals surface area (Å²) in [5.41, 5.74) is 6.54. The number of hydrogen-bond acceptors (Lipinski definition) is 2. The molecule has 11 heavy (non-hydrogen) atoms. The van der Waals surface area contributed by atoms with E-state index in [1.165, 1.54) is 0 Å². The fourth-order valence-corrected chi connectivity index (χ4v) is 0.906. The van der Waals surface area contributed by atoms with Gasteiger partial charge in [-0.05, 0) is 19.9 Å². The van der Waals surface area contributed by atoms with Gasteiger partial charge in [-0.1, -0.05) is 0 Å². The van der Waals surface area contributed by atoms with Gasteiger partial charge < -0.3 is 10.2 Å². The normalized spacial score (nSPS) is 12.0. The van der Waals surface area contributed by atoms with E-state index in [4.69, 9.17) is 10.2 Å². The van der Waals surface area contributed by atoms with Crippen molar-refractivity contribution >= 4 is 5.84 Å². The molecule has 0 aromatic carbocycles. The Morgan fingerprint density at radius 2 is 2.45 bits per heavy atom. The third-order valence-corrected chi connectivity index (χ3v) is 1.46. The van der Waals surface area contributed by atoms with Gasteiger partial charge in [-0.25, -0.2) is 0 Å². The highest BCUT2D eigenvalue weighted by molar-refractivity contribution is 5.98. The van der Waals surface area contributed by atoms with Crippen LogP contribution in [0.3, 0.4) is 0 Å². The van der Waals surface area contributed by atoms with Crippen molar-refractivity contribution in [2.75, 3.05) is 6.54 Å². The Bertz CT molecular complexity index is 263. The van der Waals surface area contributed by atoms with Crippen molar-refractivity contribution in [1.29, 1.82) is 0 Å². The number of nitrogens with zero attached hydrogens (tertiary/aromatic N) is 1. The quantitative estimate of drug-likeness (QED) is 0.513. The molecule has 3 heteroatoms. The summed E-state index contributed by atoms with van der Waals surface area (Å²) in [6, 6.07) is 1.82. The molecule has 0 bridgehead atoms. The van der Waals surface area contributed by atoms with Gasteiger partial charge in [0.05, 0.1) is 11.8 Å². The van der Waals surface area contributed by atoms with E-state index in [1.54, 1.807) is 6.26 Å². The summed E-state index contributed by atoms with van der Waals surface area (Å²) < 4.78 is 5.07. The minimum Gasteiger partial charge on any atom is -0.469 e. The van der Waals surface area contributed by atoms with Crippen molar-refractivity contribution in [3.8, 4) is 0 Å². The maximum Gasteiger partial charge on any atom is 0.129 e. The number of amidine groups is 1. The summed E-state index contributed by atoms with van der Waals surface area (Å²) in [7, 11) is 0. The topological polar surface area (TPSA) is 51.5 Å². The molecule has 0 aliphatic carbocycles. The van der Waals surface area contributed by atoms with Gasteiger partial charge in [-0.2, -0.15) is 0 Å². The maximum absolute atomic E-state index is 5.64. The number of rotatable bonds is 2. The standard InChI is InChI=1S/C8H12N2O/c1-3-10-8(9)7-4-5-11-6(7)2/h4-5H,3H2,1-2H3,(H2,9,10). The number of hydrogen-bond donors (Lipinski definition) is 1. The average Bonchev–Trinajstić information content (AvgIpc) is 2.36. The molecule has 0 saturated heterocycles. The highest BCUT2D eigenvalue weighted by Gasteiger charge is 2.03. The number of aliphatic imine (C=N–C) groups is 1. The van der Waals surface area contributed by atoms with Crippen molar-refractivity contribution in [3.05, 3.63) is 23.7 Å². The fourth-order valence-electron chi connectivity index (χ4n) is 0.906. The van der Waals surface area contributed by atoms with Crippen LogP contribution in [-0.2, 0) is 0 Å². The highest BCUT2D eigenvalue weighted by Crippen LogP contribution is 2.07. The molecular weight excluding hydrogens is 140 g/mol. The first-order valence-electron chi connectivity index (χ1n) is 3.60. The van der Waals surface area contributed by atoms with Gasteiger partial charge in [0.1, 0.15) is 11.6 Å². The van der Waals surface area contributed by atoms with Crippen molar-refractivity contribution in [1.82, 2.24) is 0 Å². The van der Waals surface area contributed by atoms with Gasteiger partial charge in [0, 0.05) is 6.54 Å². The van der Waals surface area contributed by atoms with E-state index in [0.717, 1.165) is 11.3 Å². The molecular formula is C8H12N2O. The van der Waals surface area contributed by atoms with E-state index in [2.05, 4.69) is 4.99 Å². The Morgan fingerprint density at radius 3 is 2.91 bits per heavy atom. The zero-order valence-corrected chi connectivity index (χ0v) is 6.79. The second-order valence-electron chi connectivity index (χ2n) is 2.25. The first-order valence-corrected chi connectivity index (χ1v) is 3.60. The van der Waals surface area contributed by atoms with Crippen molar-refractivity contribution in [2.45, 2.75) is 13.8 Å². The molecule has 0 amide bonds. The summed E-state index contributed by atoms with van der Waals surface area (Å²) in [6.07, 6.45) is 1.61. The predicted molar refractivity (Wildman–Crippen MR) is 44.7 cm³/mol. The van der Waals surface area contributed by atoms with Gasteiger partial charge in [-0.3, -0.25) is 4.99 Å². The summed E-state index contributed by atoms with van der Waals surface area (Å²) in [4.78, 5) is 4.06. The largest absolute Gasteiger partial charge is 0.469 e. The molecule has 0 aliphatic heterocycles. The Morgan fingerprint density at radius 1 is 1.73 bits per heavy atom. The molecule has 0 aliphatic rings. The Labute approximate surface area is 65.9 Å². The molecule has 0 atom stereocenters. The Balaban J connectivity index is 2.92. The van der Waals surface area contributed by atoms with Crippen molar-refractivity contribution in [3.63, 3.8) is 0 Å². The summed E-state index contributed by atoms with van der Waals surface area (Å²) >= 11 is 0. The van der Waals surface area contributed by atoms with Crippen LogP contribution in [0.2, 0.25) is 0 Å².